The number of amides is 2. The van der Waals surface area contributed by atoms with E-state index in [0.29, 0.717) is 0 Å². The van der Waals surface area contributed by atoms with Gasteiger partial charge in [0.15, 0.2) is 0 Å². The van der Waals surface area contributed by atoms with Crippen LogP contribution in [0.25, 0.3) is 6.08 Å². The van der Waals surface area contributed by atoms with Crippen molar-refractivity contribution in [3.05, 3.63) is 42.1 Å². The van der Waals surface area contributed by atoms with Gasteiger partial charge < -0.3 is 10.6 Å². The first-order valence-electron chi connectivity index (χ1n) is 4.03. The van der Waals surface area contributed by atoms with E-state index in [1.807, 2.05) is 36.4 Å². The molecule has 3 heteroatoms. The van der Waals surface area contributed by atoms with Crippen LogP contribution in [0.1, 0.15) is 5.56 Å². The lowest BCUT2D eigenvalue weighted by atomic mass is 10.2. The predicted molar refractivity (Wildman–Crippen MR) is 53.1 cm³/mol. The Bertz CT molecular complexity index is 293. The van der Waals surface area contributed by atoms with E-state index in [2.05, 4.69) is 10.6 Å². The minimum atomic E-state index is -0.216. The van der Waals surface area contributed by atoms with Crippen LogP contribution in [0, 0.1) is 0 Å². The highest BCUT2D eigenvalue weighted by molar-refractivity contribution is 5.75. The van der Waals surface area contributed by atoms with Crippen molar-refractivity contribution in [3.8, 4) is 0 Å². The van der Waals surface area contributed by atoms with Crippen molar-refractivity contribution in [2.75, 3.05) is 7.05 Å². The minimum absolute atomic E-state index is 0.216. The van der Waals surface area contributed by atoms with Crippen LogP contribution in [0.15, 0.2) is 36.5 Å². The monoisotopic (exact) mass is 176 g/mol. The van der Waals surface area contributed by atoms with Crippen LogP contribution in [0.2, 0.25) is 0 Å². The Hall–Kier alpha value is -1.77. The van der Waals surface area contributed by atoms with Gasteiger partial charge in [-0.1, -0.05) is 30.3 Å². The summed E-state index contributed by atoms with van der Waals surface area (Å²) in [5.74, 6) is 0. The molecule has 2 amide bonds. The first-order valence-corrected chi connectivity index (χ1v) is 4.03. The van der Waals surface area contributed by atoms with Crippen molar-refractivity contribution in [2.24, 2.45) is 0 Å². The molecule has 1 aromatic carbocycles. The molecule has 2 N–H and O–H groups in total. The molecule has 0 saturated heterocycles. The molecule has 0 aliphatic heterocycles. The lowest BCUT2D eigenvalue weighted by Gasteiger charge is -1.96. The van der Waals surface area contributed by atoms with Gasteiger partial charge in [-0.05, 0) is 11.6 Å². The largest absolute Gasteiger partial charge is 0.341 e. The Labute approximate surface area is 77.5 Å². The number of carbonyl (C=O) groups excluding carboxylic acids is 1. The van der Waals surface area contributed by atoms with Crippen LogP contribution >= 0.6 is 0 Å². The average molecular weight is 176 g/mol. The first-order chi connectivity index (χ1) is 6.33. The Morgan fingerprint density at radius 3 is 2.62 bits per heavy atom. The number of rotatable bonds is 2. The van der Waals surface area contributed by atoms with Gasteiger partial charge in [0.2, 0.25) is 0 Å². The van der Waals surface area contributed by atoms with Gasteiger partial charge in [0, 0.05) is 13.2 Å². The molecule has 0 saturated carbocycles. The second-order valence-electron chi connectivity index (χ2n) is 2.47. The van der Waals surface area contributed by atoms with Gasteiger partial charge >= 0.3 is 6.03 Å². The molecule has 0 spiro atoms. The maximum absolute atomic E-state index is 10.7. The fourth-order valence-electron chi connectivity index (χ4n) is 0.850. The lowest BCUT2D eigenvalue weighted by Crippen LogP contribution is -2.28. The molecule has 0 heterocycles. The highest BCUT2D eigenvalue weighted by Gasteiger charge is 1.88. The standard InChI is InChI=1S/C10H12N2O/c1-11-10(13)12-8-7-9-5-3-2-4-6-9/h2-8H,1H3,(H2,11,12,13). The molecular weight excluding hydrogens is 164 g/mol. The number of hydrogen-bond donors (Lipinski definition) is 2. The minimum Gasteiger partial charge on any atom is -0.341 e. The van der Waals surface area contributed by atoms with Crippen molar-refractivity contribution in [2.45, 2.75) is 0 Å². The molecule has 0 unspecified atom stereocenters. The van der Waals surface area contributed by atoms with Crippen molar-refractivity contribution >= 4 is 12.1 Å². The lowest BCUT2D eigenvalue weighted by molar-refractivity contribution is 0.246. The Kier molecular flexibility index (Phi) is 3.57. The normalized spacial score (nSPS) is 9.92. The zero-order valence-electron chi connectivity index (χ0n) is 7.45. The van der Waals surface area contributed by atoms with Crippen LogP contribution < -0.4 is 10.6 Å². The van der Waals surface area contributed by atoms with E-state index in [-0.39, 0.29) is 6.03 Å². The predicted octanol–water partition coefficient (Wildman–Crippen LogP) is 1.59. The Morgan fingerprint density at radius 1 is 1.31 bits per heavy atom. The highest BCUT2D eigenvalue weighted by atomic mass is 16.2. The van der Waals surface area contributed by atoms with E-state index in [1.165, 1.54) is 0 Å². The summed E-state index contributed by atoms with van der Waals surface area (Å²) in [7, 11) is 1.58. The maximum Gasteiger partial charge on any atom is 0.318 e. The fraction of sp³-hybridized carbons (Fsp3) is 0.100. The molecule has 1 aromatic rings. The third-order valence-corrected chi connectivity index (χ3v) is 1.52. The molecule has 1 rings (SSSR count). The third kappa shape index (κ3) is 3.42. The van der Waals surface area contributed by atoms with E-state index < -0.39 is 0 Å². The molecule has 0 aromatic heterocycles. The summed E-state index contributed by atoms with van der Waals surface area (Å²) < 4.78 is 0. The van der Waals surface area contributed by atoms with Gasteiger partial charge in [0.1, 0.15) is 0 Å². The molecule has 0 fully saturated rings. The van der Waals surface area contributed by atoms with E-state index in [1.54, 1.807) is 13.2 Å². The molecule has 3 nitrogen and oxygen atoms in total. The second-order valence-corrected chi connectivity index (χ2v) is 2.47. The van der Waals surface area contributed by atoms with Crippen LogP contribution in [-0.2, 0) is 0 Å². The van der Waals surface area contributed by atoms with Crippen molar-refractivity contribution in [1.82, 2.24) is 10.6 Å². The summed E-state index contributed by atoms with van der Waals surface area (Å²) in [4.78, 5) is 10.7. The molecule has 68 valence electrons. The topological polar surface area (TPSA) is 41.1 Å². The summed E-state index contributed by atoms with van der Waals surface area (Å²) in [6.07, 6.45) is 3.43. The molecule has 0 atom stereocenters. The Balaban J connectivity index is 2.45. The number of benzene rings is 1. The summed E-state index contributed by atoms with van der Waals surface area (Å²) in [5, 5.41) is 5.00. The molecule has 0 aliphatic carbocycles. The zero-order chi connectivity index (χ0) is 9.52. The third-order valence-electron chi connectivity index (χ3n) is 1.52. The van der Waals surface area contributed by atoms with Crippen molar-refractivity contribution < 1.29 is 4.79 Å². The van der Waals surface area contributed by atoms with Gasteiger partial charge in [-0.2, -0.15) is 0 Å². The maximum atomic E-state index is 10.7. The summed E-state index contributed by atoms with van der Waals surface area (Å²) in [6, 6.07) is 9.54. The molecule has 0 aliphatic rings. The quantitative estimate of drug-likeness (QED) is 0.705. The average Bonchev–Trinajstić information content (AvgIpc) is 2.19. The van der Waals surface area contributed by atoms with Crippen LogP contribution in [-0.4, -0.2) is 13.1 Å². The van der Waals surface area contributed by atoms with Crippen LogP contribution in [0.5, 0.6) is 0 Å². The second kappa shape index (κ2) is 4.98. The molecular formula is C10H12N2O. The van der Waals surface area contributed by atoms with E-state index in [9.17, 15) is 4.79 Å². The molecule has 13 heavy (non-hydrogen) atoms. The van der Waals surface area contributed by atoms with E-state index in [0.717, 1.165) is 5.56 Å². The highest BCUT2D eigenvalue weighted by Crippen LogP contribution is 1.99. The van der Waals surface area contributed by atoms with Gasteiger partial charge in [-0.3, -0.25) is 0 Å². The van der Waals surface area contributed by atoms with Gasteiger partial charge in [-0.25, -0.2) is 4.79 Å². The first kappa shape index (κ1) is 9.32. The summed E-state index contributed by atoms with van der Waals surface area (Å²) >= 11 is 0. The van der Waals surface area contributed by atoms with Crippen LogP contribution in [0.3, 0.4) is 0 Å². The van der Waals surface area contributed by atoms with Gasteiger partial charge in [0.05, 0.1) is 0 Å². The van der Waals surface area contributed by atoms with E-state index in [4.69, 9.17) is 0 Å². The SMILES string of the molecule is CNC(=O)NC=Cc1ccccc1. The number of carbonyl (C=O) groups is 1. The zero-order valence-corrected chi connectivity index (χ0v) is 7.45. The number of urea groups is 1. The van der Waals surface area contributed by atoms with Gasteiger partial charge in [0.25, 0.3) is 0 Å². The Morgan fingerprint density at radius 2 is 2.00 bits per heavy atom. The molecule has 0 bridgehead atoms. The smallest absolute Gasteiger partial charge is 0.318 e. The molecule has 0 radical (unpaired) electrons. The number of hydrogen-bond acceptors (Lipinski definition) is 1. The van der Waals surface area contributed by atoms with Gasteiger partial charge in [-0.15, -0.1) is 0 Å². The fourth-order valence-corrected chi connectivity index (χ4v) is 0.850. The summed E-state index contributed by atoms with van der Waals surface area (Å²) in [6.45, 7) is 0. The van der Waals surface area contributed by atoms with Crippen molar-refractivity contribution in [3.63, 3.8) is 0 Å². The number of nitrogens with one attached hydrogen (secondary N) is 2. The summed E-state index contributed by atoms with van der Waals surface area (Å²) in [5.41, 5.74) is 1.05. The van der Waals surface area contributed by atoms with Crippen LogP contribution in [0.4, 0.5) is 4.79 Å². The van der Waals surface area contributed by atoms with Crippen molar-refractivity contribution in [1.29, 1.82) is 0 Å². The van der Waals surface area contributed by atoms with E-state index >= 15 is 0 Å².